The SMILES string of the molecule is Cc1cccc(-c2cc(-c3ccc(C(F)(F)F)cc3)cc(C(CC(C)C)C(=O)O)c2)n1. The molecule has 0 amide bonds. The minimum Gasteiger partial charge on any atom is -0.481 e. The van der Waals surface area contributed by atoms with E-state index in [1.807, 2.05) is 51.1 Å². The van der Waals surface area contributed by atoms with Crippen LogP contribution in [0.2, 0.25) is 0 Å². The predicted molar refractivity (Wildman–Crippen MR) is 115 cm³/mol. The molecular formula is C25H24F3NO2. The third-order valence-electron chi connectivity index (χ3n) is 5.09. The number of benzene rings is 2. The highest BCUT2D eigenvalue weighted by atomic mass is 19.4. The summed E-state index contributed by atoms with van der Waals surface area (Å²) in [6.07, 6.45) is -3.96. The van der Waals surface area contributed by atoms with E-state index >= 15 is 0 Å². The summed E-state index contributed by atoms with van der Waals surface area (Å²) in [5, 5.41) is 9.83. The van der Waals surface area contributed by atoms with Gasteiger partial charge in [0, 0.05) is 11.3 Å². The van der Waals surface area contributed by atoms with Crippen LogP contribution in [-0.4, -0.2) is 16.1 Å². The van der Waals surface area contributed by atoms with Crippen molar-refractivity contribution >= 4 is 5.97 Å². The first kappa shape index (κ1) is 22.5. The van der Waals surface area contributed by atoms with Crippen molar-refractivity contribution in [1.29, 1.82) is 0 Å². The number of alkyl halides is 3. The summed E-state index contributed by atoms with van der Waals surface area (Å²) in [6, 6.07) is 15.9. The number of rotatable bonds is 6. The molecule has 3 rings (SSSR count). The van der Waals surface area contributed by atoms with Crippen LogP contribution in [0.25, 0.3) is 22.4 Å². The van der Waals surface area contributed by atoms with Crippen LogP contribution in [0, 0.1) is 12.8 Å². The minimum atomic E-state index is -4.41. The van der Waals surface area contributed by atoms with Gasteiger partial charge in [-0.15, -0.1) is 0 Å². The fourth-order valence-electron chi connectivity index (χ4n) is 3.57. The van der Waals surface area contributed by atoms with Crippen molar-refractivity contribution in [3.8, 4) is 22.4 Å². The number of aliphatic carboxylic acids is 1. The number of nitrogens with zero attached hydrogens (tertiary/aromatic N) is 1. The zero-order chi connectivity index (χ0) is 22.8. The van der Waals surface area contributed by atoms with Gasteiger partial charge in [0.2, 0.25) is 0 Å². The Kier molecular flexibility index (Phi) is 6.48. The van der Waals surface area contributed by atoms with Crippen molar-refractivity contribution in [3.63, 3.8) is 0 Å². The predicted octanol–water partition coefficient (Wildman–Crippen LogP) is 6.96. The maximum Gasteiger partial charge on any atom is 0.416 e. The van der Waals surface area contributed by atoms with Crippen molar-refractivity contribution in [2.24, 2.45) is 5.92 Å². The Morgan fingerprint density at radius 2 is 1.61 bits per heavy atom. The van der Waals surface area contributed by atoms with Crippen molar-refractivity contribution in [3.05, 3.63) is 77.5 Å². The van der Waals surface area contributed by atoms with Crippen molar-refractivity contribution in [1.82, 2.24) is 4.98 Å². The Morgan fingerprint density at radius 3 is 2.16 bits per heavy atom. The molecule has 0 aliphatic rings. The lowest BCUT2D eigenvalue weighted by Crippen LogP contribution is -2.14. The summed E-state index contributed by atoms with van der Waals surface area (Å²) in [6.45, 7) is 5.78. The number of pyridine rings is 1. The van der Waals surface area contributed by atoms with Crippen LogP contribution in [0.15, 0.2) is 60.7 Å². The molecular weight excluding hydrogens is 403 g/mol. The van der Waals surface area contributed by atoms with Crippen LogP contribution in [-0.2, 0) is 11.0 Å². The third-order valence-corrected chi connectivity index (χ3v) is 5.09. The largest absolute Gasteiger partial charge is 0.481 e. The Labute approximate surface area is 179 Å². The number of aromatic nitrogens is 1. The van der Waals surface area contributed by atoms with E-state index in [1.54, 1.807) is 6.07 Å². The average Bonchev–Trinajstić information content (AvgIpc) is 2.71. The van der Waals surface area contributed by atoms with E-state index < -0.39 is 23.6 Å². The molecule has 0 fully saturated rings. The quantitative estimate of drug-likeness (QED) is 0.463. The maximum atomic E-state index is 13.0. The molecule has 1 N–H and O–H groups in total. The second-order valence-corrected chi connectivity index (χ2v) is 8.10. The molecule has 3 aromatic rings. The Balaban J connectivity index is 2.16. The summed E-state index contributed by atoms with van der Waals surface area (Å²) in [7, 11) is 0. The molecule has 1 unspecified atom stereocenters. The van der Waals surface area contributed by atoms with Crippen LogP contribution in [0.4, 0.5) is 13.2 Å². The number of carboxylic acid groups (broad SMARTS) is 1. The monoisotopic (exact) mass is 427 g/mol. The number of aryl methyl sites for hydroxylation is 1. The highest BCUT2D eigenvalue weighted by Gasteiger charge is 2.30. The Bertz CT molecular complexity index is 1070. The maximum absolute atomic E-state index is 13.0. The van der Waals surface area contributed by atoms with Crippen LogP contribution < -0.4 is 0 Å². The van der Waals surface area contributed by atoms with Gasteiger partial charge in [-0.1, -0.05) is 38.1 Å². The molecule has 0 aliphatic carbocycles. The average molecular weight is 427 g/mol. The molecule has 1 atom stereocenters. The first-order valence-corrected chi connectivity index (χ1v) is 10.0. The van der Waals surface area contributed by atoms with E-state index in [0.29, 0.717) is 28.8 Å². The van der Waals surface area contributed by atoms with Gasteiger partial charge < -0.3 is 5.11 Å². The molecule has 0 saturated heterocycles. The molecule has 2 aromatic carbocycles. The number of carboxylic acids is 1. The van der Waals surface area contributed by atoms with Gasteiger partial charge in [-0.05, 0) is 72.4 Å². The van der Waals surface area contributed by atoms with Crippen molar-refractivity contribution < 1.29 is 23.1 Å². The van der Waals surface area contributed by atoms with Gasteiger partial charge in [0.1, 0.15) is 0 Å². The standard InChI is InChI=1S/C25H24F3NO2/c1-15(2)11-22(24(30)31)19-12-18(17-7-9-21(10-8-17)25(26,27)28)13-20(14-19)23-6-4-5-16(3)29-23/h4-10,12-15,22H,11H2,1-3H3,(H,30,31). The zero-order valence-corrected chi connectivity index (χ0v) is 17.6. The molecule has 162 valence electrons. The van der Waals surface area contributed by atoms with Crippen LogP contribution >= 0.6 is 0 Å². The minimum absolute atomic E-state index is 0.163. The fourth-order valence-corrected chi connectivity index (χ4v) is 3.57. The second-order valence-electron chi connectivity index (χ2n) is 8.10. The molecule has 0 radical (unpaired) electrons. The molecule has 3 nitrogen and oxygen atoms in total. The molecule has 6 heteroatoms. The smallest absolute Gasteiger partial charge is 0.416 e. The summed E-state index contributed by atoms with van der Waals surface area (Å²) in [5.41, 5.74) is 3.34. The Morgan fingerprint density at radius 1 is 0.968 bits per heavy atom. The molecule has 31 heavy (non-hydrogen) atoms. The zero-order valence-electron chi connectivity index (χ0n) is 17.6. The topological polar surface area (TPSA) is 50.2 Å². The van der Waals surface area contributed by atoms with E-state index in [4.69, 9.17) is 0 Å². The van der Waals surface area contributed by atoms with Gasteiger partial charge in [-0.3, -0.25) is 9.78 Å². The van der Waals surface area contributed by atoms with E-state index in [0.717, 1.165) is 23.4 Å². The molecule has 0 bridgehead atoms. The lowest BCUT2D eigenvalue weighted by Gasteiger charge is -2.18. The van der Waals surface area contributed by atoms with E-state index in [2.05, 4.69) is 4.98 Å². The van der Waals surface area contributed by atoms with Crippen molar-refractivity contribution in [2.45, 2.75) is 39.3 Å². The molecule has 1 heterocycles. The van der Waals surface area contributed by atoms with Crippen molar-refractivity contribution in [2.75, 3.05) is 0 Å². The summed E-state index contributed by atoms with van der Waals surface area (Å²) in [5.74, 6) is -1.49. The van der Waals surface area contributed by atoms with E-state index in [1.165, 1.54) is 12.1 Å². The van der Waals surface area contributed by atoms with Crippen LogP contribution in [0.1, 0.15) is 43.0 Å². The molecule has 0 aliphatic heterocycles. The lowest BCUT2D eigenvalue weighted by molar-refractivity contribution is -0.139. The first-order valence-electron chi connectivity index (χ1n) is 10.0. The highest BCUT2D eigenvalue weighted by Crippen LogP contribution is 2.35. The number of hydrogen-bond donors (Lipinski definition) is 1. The molecule has 1 aromatic heterocycles. The number of hydrogen-bond acceptors (Lipinski definition) is 2. The summed E-state index contributed by atoms with van der Waals surface area (Å²) in [4.78, 5) is 16.5. The number of carbonyl (C=O) groups is 1. The third kappa shape index (κ3) is 5.51. The lowest BCUT2D eigenvalue weighted by atomic mass is 9.87. The van der Waals surface area contributed by atoms with Crippen LogP contribution in [0.3, 0.4) is 0 Å². The van der Waals surface area contributed by atoms with E-state index in [9.17, 15) is 23.1 Å². The van der Waals surface area contributed by atoms with Gasteiger partial charge in [-0.2, -0.15) is 13.2 Å². The summed E-state index contributed by atoms with van der Waals surface area (Å²) < 4.78 is 38.9. The molecule has 0 saturated carbocycles. The first-order chi connectivity index (χ1) is 14.5. The Hall–Kier alpha value is -3.15. The number of halogens is 3. The highest BCUT2D eigenvalue weighted by molar-refractivity contribution is 5.80. The summed E-state index contributed by atoms with van der Waals surface area (Å²) >= 11 is 0. The van der Waals surface area contributed by atoms with Gasteiger partial charge in [0.15, 0.2) is 0 Å². The fraction of sp³-hybridized carbons (Fsp3) is 0.280. The van der Waals surface area contributed by atoms with Gasteiger partial charge in [-0.25, -0.2) is 0 Å². The van der Waals surface area contributed by atoms with Gasteiger partial charge in [0.25, 0.3) is 0 Å². The van der Waals surface area contributed by atoms with Crippen LogP contribution in [0.5, 0.6) is 0 Å². The van der Waals surface area contributed by atoms with Gasteiger partial charge in [0.05, 0.1) is 17.2 Å². The second kappa shape index (κ2) is 8.92. The van der Waals surface area contributed by atoms with Gasteiger partial charge >= 0.3 is 12.1 Å². The molecule has 0 spiro atoms. The van der Waals surface area contributed by atoms with E-state index in [-0.39, 0.29) is 5.92 Å². The normalized spacial score (nSPS) is 12.7.